The van der Waals surface area contributed by atoms with Gasteiger partial charge in [0.15, 0.2) is 0 Å². The number of hydrogen-bond acceptors (Lipinski definition) is 2. The highest BCUT2D eigenvalue weighted by Gasteiger charge is 2.27. The molecule has 0 spiro atoms. The topological polar surface area (TPSA) is 49.3 Å². The summed E-state index contributed by atoms with van der Waals surface area (Å²) in [5.74, 6) is -0.0128. The summed E-state index contributed by atoms with van der Waals surface area (Å²) < 4.78 is 0. The van der Waals surface area contributed by atoms with Crippen molar-refractivity contribution >= 4 is 5.97 Å². The van der Waals surface area contributed by atoms with Crippen molar-refractivity contribution in [2.45, 2.75) is 76.3 Å². The van der Waals surface area contributed by atoms with Crippen LogP contribution in [0.3, 0.4) is 0 Å². The van der Waals surface area contributed by atoms with Crippen LogP contribution in [-0.2, 0) is 4.79 Å². The first kappa shape index (κ1) is 12.9. The van der Waals surface area contributed by atoms with Crippen molar-refractivity contribution in [3.05, 3.63) is 0 Å². The van der Waals surface area contributed by atoms with Crippen LogP contribution < -0.4 is 5.32 Å². The molecular formula is C14H25NO2. The van der Waals surface area contributed by atoms with Gasteiger partial charge < -0.3 is 10.4 Å². The summed E-state index contributed by atoms with van der Waals surface area (Å²) in [7, 11) is 0. The van der Waals surface area contributed by atoms with Gasteiger partial charge in [-0.2, -0.15) is 0 Å². The molecule has 0 aromatic rings. The van der Waals surface area contributed by atoms with E-state index in [1.54, 1.807) is 0 Å². The first-order valence-corrected chi connectivity index (χ1v) is 7.24. The van der Waals surface area contributed by atoms with E-state index in [1.807, 2.05) is 0 Å². The average Bonchev–Trinajstić information content (AvgIpc) is 2.82. The molecule has 2 rings (SSSR count). The Morgan fingerprint density at radius 2 is 1.65 bits per heavy atom. The monoisotopic (exact) mass is 239 g/mol. The van der Waals surface area contributed by atoms with E-state index in [2.05, 4.69) is 5.32 Å². The second-order valence-corrected chi connectivity index (χ2v) is 5.78. The molecule has 1 unspecified atom stereocenters. The minimum absolute atomic E-state index is 0.304. The molecule has 0 aromatic heterocycles. The smallest absolute Gasteiger partial charge is 0.320 e. The Hall–Kier alpha value is -0.570. The highest BCUT2D eigenvalue weighted by molar-refractivity contribution is 5.73. The van der Waals surface area contributed by atoms with Gasteiger partial charge in [0.25, 0.3) is 0 Å². The third-order valence-electron chi connectivity index (χ3n) is 4.38. The molecular weight excluding hydrogens is 214 g/mol. The lowest BCUT2D eigenvalue weighted by atomic mass is 9.84. The molecule has 2 fully saturated rings. The summed E-state index contributed by atoms with van der Waals surface area (Å²) in [4.78, 5) is 11.3. The van der Waals surface area contributed by atoms with Gasteiger partial charge in [0, 0.05) is 6.04 Å². The van der Waals surface area contributed by atoms with Crippen LogP contribution >= 0.6 is 0 Å². The predicted octanol–water partition coefficient (Wildman–Crippen LogP) is 2.94. The largest absolute Gasteiger partial charge is 0.480 e. The second-order valence-electron chi connectivity index (χ2n) is 5.78. The number of carbonyl (C=O) groups is 1. The van der Waals surface area contributed by atoms with Crippen molar-refractivity contribution in [2.75, 3.05) is 0 Å². The number of hydrogen-bond donors (Lipinski definition) is 2. The first-order chi connectivity index (χ1) is 8.25. The molecule has 2 aliphatic rings. The number of carboxylic acids is 1. The molecule has 2 aliphatic carbocycles. The summed E-state index contributed by atoms with van der Waals surface area (Å²) in [5.41, 5.74) is 0. The van der Waals surface area contributed by atoms with E-state index in [-0.39, 0.29) is 6.04 Å². The minimum Gasteiger partial charge on any atom is -0.480 e. The lowest BCUT2D eigenvalue weighted by molar-refractivity contribution is -0.140. The molecule has 2 saturated carbocycles. The number of carboxylic acid groups (broad SMARTS) is 1. The zero-order valence-corrected chi connectivity index (χ0v) is 10.7. The number of rotatable bonds is 5. The van der Waals surface area contributed by atoms with Gasteiger partial charge in [0.05, 0.1) is 0 Å². The van der Waals surface area contributed by atoms with Crippen molar-refractivity contribution in [1.82, 2.24) is 5.32 Å². The van der Waals surface area contributed by atoms with Crippen LogP contribution in [0.1, 0.15) is 64.2 Å². The van der Waals surface area contributed by atoms with Crippen LogP contribution in [0.15, 0.2) is 0 Å². The van der Waals surface area contributed by atoms with Gasteiger partial charge in [-0.3, -0.25) is 4.79 Å². The molecule has 3 heteroatoms. The van der Waals surface area contributed by atoms with Gasteiger partial charge in [-0.15, -0.1) is 0 Å². The van der Waals surface area contributed by atoms with Gasteiger partial charge in [-0.25, -0.2) is 0 Å². The zero-order valence-electron chi connectivity index (χ0n) is 10.7. The van der Waals surface area contributed by atoms with Crippen molar-refractivity contribution < 1.29 is 9.90 Å². The number of nitrogens with one attached hydrogen (secondary N) is 1. The Morgan fingerprint density at radius 1 is 1.06 bits per heavy atom. The predicted molar refractivity (Wildman–Crippen MR) is 68.0 cm³/mol. The molecule has 0 saturated heterocycles. The van der Waals surface area contributed by atoms with E-state index in [1.165, 1.54) is 44.9 Å². The minimum atomic E-state index is -0.650. The Kier molecular flexibility index (Phi) is 4.84. The SMILES string of the molecule is O=C(O)C(CC1CCCCC1)NC1CCCC1. The van der Waals surface area contributed by atoms with Gasteiger partial charge in [-0.1, -0.05) is 44.9 Å². The van der Waals surface area contributed by atoms with E-state index < -0.39 is 5.97 Å². The highest BCUT2D eigenvalue weighted by Crippen LogP contribution is 2.28. The summed E-state index contributed by atoms with van der Waals surface area (Å²) >= 11 is 0. The molecule has 0 amide bonds. The van der Waals surface area contributed by atoms with Crippen LogP contribution in [0.5, 0.6) is 0 Å². The van der Waals surface area contributed by atoms with Gasteiger partial charge in [0.2, 0.25) is 0 Å². The molecule has 98 valence electrons. The fourth-order valence-corrected chi connectivity index (χ4v) is 3.37. The zero-order chi connectivity index (χ0) is 12.1. The van der Waals surface area contributed by atoms with E-state index in [0.717, 1.165) is 19.3 Å². The third kappa shape index (κ3) is 3.98. The molecule has 2 N–H and O–H groups in total. The van der Waals surface area contributed by atoms with Crippen LogP contribution in [0.4, 0.5) is 0 Å². The quantitative estimate of drug-likeness (QED) is 0.775. The molecule has 0 aromatic carbocycles. The average molecular weight is 239 g/mol. The summed E-state index contributed by atoms with van der Waals surface area (Å²) in [6.07, 6.45) is 12.1. The van der Waals surface area contributed by atoms with Gasteiger partial charge >= 0.3 is 5.97 Å². The van der Waals surface area contributed by atoms with Gasteiger partial charge in [-0.05, 0) is 25.2 Å². The Labute approximate surface area is 104 Å². The van der Waals surface area contributed by atoms with E-state index >= 15 is 0 Å². The lowest BCUT2D eigenvalue weighted by Crippen LogP contribution is -2.43. The van der Waals surface area contributed by atoms with Crippen molar-refractivity contribution in [2.24, 2.45) is 5.92 Å². The van der Waals surface area contributed by atoms with Crippen LogP contribution in [-0.4, -0.2) is 23.2 Å². The maximum absolute atomic E-state index is 11.3. The summed E-state index contributed by atoms with van der Waals surface area (Å²) in [5, 5.41) is 12.7. The Bertz CT molecular complexity index is 243. The van der Waals surface area contributed by atoms with E-state index in [9.17, 15) is 9.90 Å². The molecule has 3 nitrogen and oxygen atoms in total. The second kappa shape index (κ2) is 6.39. The van der Waals surface area contributed by atoms with Crippen LogP contribution in [0.25, 0.3) is 0 Å². The van der Waals surface area contributed by atoms with Crippen molar-refractivity contribution in [3.63, 3.8) is 0 Å². The molecule has 0 aliphatic heterocycles. The molecule has 0 bridgehead atoms. The summed E-state index contributed by atoms with van der Waals surface area (Å²) in [6, 6.07) is 0.154. The third-order valence-corrected chi connectivity index (χ3v) is 4.38. The maximum Gasteiger partial charge on any atom is 0.320 e. The molecule has 0 heterocycles. The van der Waals surface area contributed by atoms with E-state index in [4.69, 9.17) is 0 Å². The fourth-order valence-electron chi connectivity index (χ4n) is 3.37. The molecule has 17 heavy (non-hydrogen) atoms. The molecule has 1 atom stereocenters. The molecule has 0 radical (unpaired) electrons. The lowest BCUT2D eigenvalue weighted by Gasteiger charge is -2.26. The standard InChI is InChI=1S/C14H25NO2/c16-14(17)13(15-12-8-4-5-9-12)10-11-6-2-1-3-7-11/h11-13,15H,1-10H2,(H,16,17). The van der Waals surface area contributed by atoms with Crippen molar-refractivity contribution in [1.29, 1.82) is 0 Å². The Balaban J connectivity index is 1.80. The number of aliphatic carboxylic acids is 1. The summed E-state index contributed by atoms with van der Waals surface area (Å²) in [6.45, 7) is 0. The maximum atomic E-state index is 11.3. The normalized spacial score (nSPS) is 24.9. The van der Waals surface area contributed by atoms with E-state index in [0.29, 0.717) is 12.0 Å². The Morgan fingerprint density at radius 3 is 2.24 bits per heavy atom. The van der Waals surface area contributed by atoms with Gasteiger partial charge in [0.1, 0.15) is 6.04 Å². The fraction of sp³-hybridized carbons (Fsp3) is 0.929. The van der Waals surface area contributed by atoms with Crippen LogP contribution in [0, 0.1) is 5.92 Å². The van der Waals surface area contributed by atoms with Crippen molar-refractivity contribution in [3.8, 4) is 0 Å². The van der Waals surface area contributed by atoms with Crippen LogP contribution in [0.2, 0.25) is 0 Å². The highest BCUT2D eigenvalue weighted by atomic mass is 16.4. The first-order valence-electron chi connectivity index (χ1n) is 7.24.